The predicted molar refractivity (Wildman–Crippen MR) is 92.9 cm³/mol. The number of nitrogens with one attached hydrogen (secondary N) is 1. The molecule has 0 saturated heterocycles. The van der Waals surface area contributed by atoms with Crippen molar-refractivity contribution in [2.45, 2.75) is 71.1 Å². The highest BCUT2D eigenvalue weighted by atomic mass is 14.8. The van der Waals surface area contributed by atoms with Crippen LogP contribution in [0.25, 0.3) is 0 Å². The normalized spacial score (nSPS) is 18.8. The number of aryl methyl sites for hydroxylation is 1. The minimum atomic E-state index is 0.623. The zero-order valence-electron chi connectivity index (χ0n) is 14.3. The van der Waals surface area contributed by atoms with Gasteiger partial charge in [0.25, 0.3) is 0 Å². The van der Waals surface area contributed by atoms with E-state index in [1.165, 1.54) is 69.0 Å². The van der Waals surface area contributed by atoms with Gasteiger partial charge >= 0.3 is 0 Å². The van der Waals surface area contributed by atoms with Crippen LogP contribution in [0.2, 0.25) is 0 Å². The monoisotopic (exact) mass is 287 g/mol. The molecular weight excluding hydrogens is 254 g/mol. The SMILES string of the molecule is CCC(C)c1ccc(CCC2(CCNC)CCCC2)cc1. The minimum absolute atomic E-state index is 0.623. The summed E-state index contributed by atoms with van der Waals surface area (Å²) in [6.07, 6.45) is 11.0. The maximum atomic E-state index is 3.34. The molecule has 1 aromatic rings. The Balaban J connectivity index is 1.91. The van der Waals surface area contributed by atoms with Crippen molar-refractivity contribution in [1.29, 1.82) is 0 Å². The Labute approximate surface area is 131 Å². The molecule has 0 heterocycles. The van der Waals surface area contributed by atoms with Crippen LogP contribution in [0.15, 0.2) is 24.3 Å². The van der Waals surface area contributed by atoms with Crippen molar-refractivity contribution in [3.8, 4) is 0 Å². The van der Waals surface area contributed by atoms with E-state index in [4.69, 9.17) is 0 Å². The highest BCUT2D eigenvalue weighted by Gasteiger charge is 2.32. The summed E-state index contributed by atoms with van der Waals surface area (Å²) < 4.78 is 0. The van der Waals surface area contributed by atoms with Gasteiger partial charge in [-0.25, -0.2) is 0 Å². The van der Waals surface area contributed by atoms with Crippen LogP contribution in [0, 0.1) is 5.41 Å². The predicted octanol–water partition coefficient (Wildman–Crippen LogP) is 5.30. The molecule has 1 fully saturated rings. The van der Waals surface area contributed by atoms with Crippen molar-refractivity contribution in [3.63, 3.8) is 0 Å². The van der Waals surface area contributed by atoms with E-state index in [1.54, 1.807) is 0 Å². The van der Waals surface area contributed by atoms with E-state index in [0.717, 1.165) is 0 Å². The van der Waals surface area contributed by atoms with Crippen LogP contribution < -0.4 is 5.32 Å². The summed E-state index contributed by atoms with van der Waals surface area (Å²) in [5.74, 6) is 0.691. The molecule has 0 aromatic heterocycles. The van der Waals surface area contributed by atoms with Crippen molar-refractivity contribution >= 4 is 0 Å². The van der Waals surface area contributed by atoms with Crippen molar-refractivity contribution in [2.24, 2.45) is 5.41 Å². The van der Waals surface area contributed by atoms with Gasteiger partial charge in [-0.15, -0.1) is 0 Å². The van der Waals surface area contributed by atoms with Gasteiger partial charge in [0.15, 0.2) is 0 Å². The first-order chi connectivity index (χ1) is 10.2. The first kappa shape index (κ1) is 16.5. The van der Waals surface area contributed by atoms with E-state index in [0.29, 0.717) is 11.3 Å². The number of hydrogen-bond acceptors (Lipinski definition) is 1. The van der Waals surface area contributed by atoms with Gasteiger partial charge in [0.1, 0.15) is 0 Å². The molecule has 1 aromatic carbocycles. The van der Waals surface area contributed by atoms with E-state index in [-0.39, 0.29) is 0 Å². The molecule has 2 rings (SSSR count). The molecule has 118 valence electrons. The molecule has 21 heavy (non-hydrogen) atoms. The Kier molecular flexibility index (Phi) is 6.29. The van der Waals surface area contributed by atoms with E-state index in [2.05, 4.69) is 50.5 Å². The average molecular weight is 287 g/mol. The molecule has 1 N–H and O–H groups in total. The van der Waals surface area contributed by atoms with Gasteiger partial charge in [0, 0.05) is 0 Å². The molecule has 1 nitrogen and oxygen atoms in total. The Morgan fingerprint density at radius 1 is 1.10 bits per heavy atom. The maximum absolute atomic E-state index is 3.34. The zero-order chi connectivity index (χ0) is 15.1. The smallest absolute Gasteiger partial charge is 0.00466 e. The average Bonchev–Trinajstić information content (AvgIpc) is 3.00. The quantitative estimate of drug-likeness (QED) is 0.684. The molecular formula is C20H33N. The van der Waals surface area contributed by atoms with Crippen molar-refractivity contribution in [1.82, 2.24) is 5.32 Å². The fourth-order valence-corrected chi connectivity index (χ4v) is 3.80. The summed E-state index contributed by atoms with van der Waals surface area (Å²) in [6.45, 7) is 5.76. The van der Waals surface area contributed by atoms with E-state index < -0.39 is 0 Å². The molecule has 1 atom stereocenters. The van der Waals surface area contributed by atoms with Crippen LogP contribution in [-0.4, -0.2) is 13.6 Å². The fraction of sp³-hybridized carbons (Fsp3) is 0.700. The summed E-state index contributed by atoms with van der Waals surface area (Å²) >= 11 is 0. The van der Waals surface area contributed by atoms with Gasteiger partial charge in [-0.2, -0.15) is 0 Å². The maximum Gasteiger partial charge on any atom is -0.00466 e. The van der Waals surface area contributed by atoms with Crippen LogP contribution in [0.4, 0.5) is 0 Å². The summed E-state index contributed by atoms with van der Waals surface area (Å²) in [5.41, 5.74) is 3.64. The van der Waals surface area contributed by atoms with Crippen LogP contribution in [0.1, 0.15) is 75.8 Å². The lowest BCUT2D eigenvalue weighted by molar-refractivity contribution is 0.247. The van der Waals surface area contributed by atoms with E-state index >= 15 is 0 Å². The number of benzene rings is 1. The Morgan fingerprint density at radius 2 is 1.76 bits per heavy atom. The zero-order valence-corrected chi connectivity index (χ0v) is 14.3. The standard InChI is InChI=1S/C20H33N/c1-4-17(2)19-9-7-18(8-10-19)11-14-20(15-16-21-3)12-5-6-13-20/h7-10,17,21H,4-6,11-16H2,1-3H3. The molecule has 0 spiro atoms. The molecule has 0 amide bonds. The first-order valence-electron chi connectivity index (χ1n) is 8.92. The van der Waals surface area contributed by atoms with Crippen LogP contribution in [-0.2, 0) is 6.42 Å². The largest absolute Gasteiger partial charge is 0.320 e. The molecule has 0 bridgehead atoms. The molecule has 1 saturated carbocycles. The van der Waals surface area contributed by atoms with Crippen LogP contribution in [0.5, 0.6) is 0 Å². The second-order valence-corrected chi connectivity index (χ2v) is 7.11. The molecule has 1 heteroatoms. The lowest BCUT2D eigenvalue weighted by Gasteiger charge is -2.29. The van der Waals surface area contributed by atoms with Crippen LogP contribution >= 0.6 is 0 Å². The van der Waals surface area contributed by atoms with Crippen molar-refractivity contribution < 1.29 is 0 Å². The molecule has 1 aliphatic carbocycles. The third-order valence-electron chi connectivity index (χ3n) is 5.67. The van der Waals surface area contributed by atoms with Gasteiger partial charge in [-0.05, 0) is 74.6 Å². The fourth-order valence-electron chi connectivity index (χ4n) is 3.80. The van der Waals surface area contributed by atoms with Gasteiger partial charge in [0.05, 0.1) is 0 Å². The molecule has 0 radical (unpaired) electrons. The number of rotatable bonds is 8. The third kappa shape index (κ3) is 4.57. The third-order valence-corrected chi connectivity index (χ3v) is 5.67. The summed E-state index contributed by atoms with van der Waals surface area (Å²) in [7, 11) is 2.08. The molecule has 1 unspecified atom stereocenters. The lowest BCUT2D eigenvalue weighted by Crippen LogP contribution is -2.23. The Morgan fingerprint density at radius 3 is 2.33 bits per heavy atom. The molecule has 0 aliphatic heterocycles. The topological polar surface area (TPSA) is 12.0 Å². The number of hydrogen-bond donors (Lipinski definition) is 1. The summed E-state index contributed by atoms with van der Waals surface area (Å²) in [5, 5.41) is 3.34. The van der Waals surface area contributed by atoms with Gasteiger partial charge < -0.3 is 5.32 Å². The van der Waals surface area contributed by atoms with E-state index in [1.807, 2.05) is 0 Å². The minimum Gasteiger partial charge on any atom is -0.320 e. The van der Waals surface area contributed by atoms with Crippen LogP contribution in [0.3, 0.4) is 0 Å². The second-order valence-electron chi connectivity index (χ2n) is 7.11. The summed E-state index contributed by atoms with van der Waals surface area (Å²) in [4.78, 5) is 0. The highest BCUT2D eigenvalue weighted by Crippen LogP contribution is 2.44. The molecule has 1 aliphatic rings. The second kappa shape index (κ2) is 7.98. The Hall–Kier alpha value is -0.820. The van der Waals surface area contributed by atoms with Gasteiger partial charge in [0.2, 0.25) is 0 Å². The van der Waals surface area contributed by atoms with Gasteiger partial charge in [-0.3, -0.25) is 0 Å². The first-order valence-corrected chi connectivity index (χ1v) is 8.92. The summed E-state index contributed by atoms with van der Waals surface area (Å²) in [6, 6.07) is 9.42. The highest BCUT2D eigenvalue weighted by molar-refractivity contribution is 5.25. The van der Waals surface area contributed by atoms with Crippen molar-refractivity contribution in [2.75, 3.05) is 13.6 Å². The Bertz CT molecular complexity index is 400. The lowest BCUT2D eigenvalue weighted by atomic mass is 9.77. The van der Waals surface area contributed by atoms with Crippen molar-refractivity contribution in [3.05, 3.63) is 35.4 Å². The van der Waals surface area contributed by atoms with Gasteiger partial charge in [-0.1, -0.05) is 51.0 Å². The van der Waals surface area contributed by atoms with E-state index in [9.17, 15) is 0 Å².